The van der Waals surface area contributed by atoms with Crippen molar-refractivity contribution >= 4 is 10.0 Å². The molecule has 8 heteroatoms. The van der Waals surface area contributed by atoms with Crippen LogP contribution < -0.4 is 14.2 Å². The molecule has 3 aromatic carbocycles. The fraction of sp³-hybridized carbons (Fsp3) is 0.400. The monoisotopic (exact) mass is 536 g/mol. The third-order valence-electron chi connectivity index (χ3n) is 7.01. The lowest BCUT2D eigenvalue weighted by atomic mass is 10.1. The Morgan fingerprint density at radius 1 is 0.868 bits per heavy atom. The van der Waals surface area contributed by atoms with Crippen molar-refractivity contribution < 1.29 is 22.6 Å². The van der Waals surface area contributed by atoms with Gasteiger partial charge in [0.2, 0.25) is 10.0 Å². The maximum atomic E-state index is 13.3. The Balaban J connectivity index is 1.19. The smallest absolute Gasteiger partial charge is 0.241 e. The van der Waals surface area contributed by atoms with Crippen LogP contribution in [0.25, 0.3) is 11.1 Å². The third kappa shape index (κ3) is 7.14. The van der Waals surface area contributed by atoms with Crippen molar-refractivity contribution in [2.75, 3.05) is 32.8 Å². The van der Waals surface area contributed by atoms with E-state index in [1.165, 1.54) is 12.8 Å². The summed E-state index contributed by atoms with van der Waals surface area (Å²) in [7, 11) is -3.74. The standard InChI is InChI=1S/C30H36N2O5S/c33-38(34,31-23-24-10-14-27(15-11-24)37-30-9-3-6-21-36-30)29-8-2-1-7-28(29)25-12-16-26(17-13-25)35-22-20-32-18-4-5-19-32/h1-2,7-8,10-17,30-31H,3-6,9,18-23H2. The SMILES string of the molecule is O=S(=O)(NCc1ccc(OC2CCCCO2)cc1)c1ccccc1-c1ccc(OCCN2CCCC2)cc1. The van der Waals surface area contributed by atoms with E-state index in [0.29, 0.717) is 12.2 Å². The van der Waals surface area contributed by atoms with Crippen molar-refractivity contribution in [3.05, 3.63) is 78.4 Å². The van der Waals surface area contributed by atoms with Gasteiger partial charge in [0.25, 0.3) is 0 Å². The van der Waals surface area contributed by atoms with Crippen molar-refractivity contribution in [3.8, 4) is 22.6 Å². The highest BCUT2D eigenvalue weighted by Crippen LogP contribution is 2.29. The van der Waals surface area contributed by atoms with E-state index in [2.05, 4.69) is 9.62 Å². The normalized spacial score (nSPS) is 18.4. The van der Waals surface area contributed by atoms with Crippen molar-refractivity contribution in [2.45, 2.75) is 49.8 Å². The first-order chi connectivity index (χ1) is 18.6. The Hall–Kier alpha value is -2.91. The van der Waals surface area contributed by atoms with Crippen molar-refractivity contribution in [1.29, 1.82) is 0 Å². The molecule has 0 bridgehead atoms. The van der Waals surface area contributed by atoms with Crippen molar-refractivity contribution in [3.63, 3.8) is 0 Å². The number of hydrogen-bond donors (Lipinski definition) is 1. The number of nitrogens with zero attached hydrogens (tertiary/aromatic N) is 1. The molecule has 0 saturated carbocycles. The molecule has 0 aromatic heterocycles. The minimum atomic E-state index is -3.74. The maximum absolute atomic E-state index is 13.3. The Morgan fingerprint density at radius 3 is 2.34 bits per heavy atom. The molecule has 38 heavy (non-hydrogen) atoms. The number of sulfonamides is 1. The fourth-order valence-electron chi connectivity index (χ4n) is 4.87. The van der Waals surface area contributed by atoms with Crippen LogP contribution >= 0.6 is 0 Å². The van der Waals surface area contributed by atoms with Gasteiger partial charge in [0.15, 0.2) is 6.29 Å². The fourth-order valence-corrected chi connectivity index (χ4v) is 6.11. The second-order valence-electron chi connectivity index (χ2n) is 9.80. The van der Waals surface area contributed by atoms with Crippen LogP contribution in [0.1, 0.15) is 37.7 Å². The Morgan fingerprint density at radius 2 is 1.61 bits per heavy atom. The molecule has 202 valence electrons. The summed E-state index contributed by atoms with van der Waals surface area (Å²) in [5.74, 6) is 1.51. The van der Waals surface area contributed by atoms with Gasteiger partial charge in [0.05, 0.1) is 11.5 Å². The van der Waals surface area contributed by atoms with E-state index < -0.39 is 10.0 Å². The van der Waals surface area contributed by atoms with Crippen molar-refractivity contribution in [2.24, 2.45) is 0 Å². The van der Waals surface area contributed by atoms with Gasteiger partial charge in [-0.3, -0.25) is 4.90 Å². The molecule has 1 atom stereocenters. The van der Waals surface area contributed by atoms with E-state index in [0.717, 1.165) is 68.1 Å². The summed E-state index contributed by atoms with van der Waals surface area (Å²) in [4.78, 5) is 2.66. The molecule has 2 fully saturated rings. The second-order valence-corrected chi connectivity index (χ2v) is 11.5. The van der Waals surface area contributed by atoms with Crippen LogP contribution in [-0.2, 0) is 21.3 Å². The lowest BCUT2D eigenvalue weighted by Gasteiger charge is -2.23. The van der Waals surface area contributed by atoms with Gasteiger partial charge >= 0.3 is 0 Å². The predicted molar refractivity (Wildman–Crippen MR) is 148 cm³/mol. The van der Waals surface area contributed by atoms with Crippen LogP contribution in [0, 0.1) is 0 Å². The van der Waals surface area contributed by atoms with E-state index in [1.54, 1.807) is 12.1 Å². The largest absolute Gasteiger partial charge is 0.492 e. The topological polar surface area (TPSA) is 77.1 Å². The summed E-state index contributed by atoms with van der Waals surface area (Å²) in [5, 5.41) is 0. The molecule has 1 unspecified atom stereocenters. The van der Waals surface area contributed by atoms with Crippen LogP contribution in [0.4, 0.5) is 0 Å². The molecule has 5 rings (SSSR count). The molecule has 0 radical (unpaired) electrons. The molecule has 1 N–H and O–H groups in total. The highest BCUT2D eigenvalue weighted by atomic mass is 32.2. The maximum Gasteiger partial charge on any atom is 0.241 e. The number of rotatable bonds is 11. The molecular formula is C30H36N2O5S. The number of likely N-dealkylation sites (tertiary alicyclic amines) is 1. The van der Waals surface area contributed by atoms with Gasteiger partial charge < -0.3 is 14.2 Å². The van der Waals surface area contributed by atoms with Crippen LogP contribution in [0.15, 0.2) is 77.7 Å². The molecule has 0 amide bonds. The molecular weight excluding hydrogens is 500 g/mol. The van der Waals surface area contributed by atoms with Gasteiger partial charge in [0.1, 0.15) is 18.1 Å². The van der Waals surface area contributed by atoms with Crippen LogP contribution in [0.5, 0.6) is 11.5 Å². The Kier molecular flexibility index (Phi) is 8.96. The molecule has 2 heterocycles. The molecule has 2 saturated heterocycles. The van der Waals surface area contributed by atoms with Gasteiger partial charge in [-0.25, -0.2) is 13.1 Å². The minimum absolute atomic E-state index is 0.181. The number of ether oxygens (including phenoxy) is 3. The first-order valence-corrected chi connectivity index (χ1v) is 15.0. The van der Waals surface area contributed by atoms with Gasteiger partial charge in [-0.05, 0) is 80.2 Å². The third-order valence-corrected chi connectivity index (χ3v) is 8.47. The summed E-state index contributed by atoms with van der Waals surface area (Å²) in [5.41, 5.74) is 2.32. The second kappa shape index (κ2) is 12.8. The number of hydrogen-bond acceptors (Lipinski definition) is 6. The van der Waals surface area contributed by atoms with Gasteiger partial charge in [-0.2, -0.15) is 0 Å². The summed E-state index contributed by atoms with van der Waals surface area (Å²) in [6, 6.07) is 22.1. The predicted octanol–water partition coefficient (Wildman–Crippen LogP) is 5.21. The zero-order chi connectivity index (χ0) is 26.2. The Labute approximate surface area is 225 Å². The average Bonchev–Trinajstić information content (AvgIpc) is 3.47. The van der Waals surface area contributed by atoms with Crippen LogP contribution in [0.3, 0.4) is 0 Å². The minimum Gasteiger partial charge on any atom is -0.492 e. The van der Waals surface area contributed by atoms with E-state index in [1.807, 2.05) is 60.7 Å². The molecule has 0 spiro atoms. The Bertz CT molecular complexity index is 1270. The lowest BCUT2D eigenvalue weighted by molar-refractivity contribution is -0.105. The zero-order valence-electron chi connectivity index (χ0n) is 21.7. The van der Waals surface area contributed by atoms with E-state index in [9.17, 15) is 8.42 Å². The first-order valence-electron chi connectivity index (χ1n) is 13.5. The van der Waals surface area contributed by atoms with E-state index in [-0.39, 0.29) is 17.7 Å². The molecule has 2 aliphatic rings. The summed E-state index contributed by atoms with van der Waals surface area (Å²) in [6.45, 7) is 4.78. The molecule has 0 aliphatic carbocycles. The van der Waals surface area contributed by atoms with Gasteiger partial charge in [0, 0.05) is 25.1 Å². The summed E-state index contributed by atoms with van der Waals surface area (Å²) in [6.07, 6.45) is 5.38. The molecule has 7 nitrogen and oxygen atoms in total. The molecule has 3 aromatic rings. The molecule has 2 aliphatic heterocycles. The van der Waals surface area contributed by atoms with Crippen LogP contribution in [0.2, 0.25) is 0 Å². The highest BCUT2D eigenvalue weighted by Gasteiger charge is 2.20. The van der Waals surface area contributed by atoms with Gasteiger partial charge in [-0.15, -0.1) is 0 Å². The number of nitrogens with one attached hydrogen (secondary N) is 1. The van der Waals surface area contributed by atoms with Crippen molar-refractivity contribution in [1.82, 2.24) is 9.62 Å². The van der Waals surface area contributed by atoms with Gasteiger partial charge in [-0.1, -0.05) is 42.5 Å². The average molecular weight is 537 g/mol. The van der Waals surface area contributed by atoms with E-state index in [4.69, 9.17) is 14.2 Å². The summed E-state index contributed by atoms with van der Waals surface area (Å²) >= 11 is 0. The zero-order valence-corrected chi connectivity index (χ0v) is 22.5. The first kappa shape index (κ1) is 26.7. The quantitative estimate of drug-likeness (QED) is 0.363. The van der Waals surface area contributed by atoms with Crippen LogP contribution in [-0.4, -0.2) is 52.5 Å². The number of benzene rings is 3. The van der Waals surface area contributed by atoms with E-state index >= 15 is 0 Å². The summed E-state index contributed by atoms with van der Waals surface area (Å²) < 4.78 is 46.7. The lowest BCUT2D eigenvalue weighted by Crippen LogP contribution is -2.25. The highest BCUT2D eigenvalue weighted by molar-refractivity contribution is 7.89.